The van der Waals surface area contributed by atoms with Crippen molar-refractivity contribution < 1.29 is 9.66 Å². The van der Waals surface area contributed by atoms with Crippen molar-refractivity contribution in [3.8, 4) is 6.07 Å². The molecule has 1 N–H and O–H groups in total. The molecule has 21 heavy (non-hydrogen) atoms. The molecular weight excluding hydrogens is 276 g/mol. The molecule has 0 amide bonds. The van der Waals surface area contributed by atoms with Crippen LogP contribution in [0.1, 0.15) is 13.3 Å². The molecular formula is C12H16N6O3. The largest absolute Gasteiger partial charge is 0.364 e. The molecule has 0 aromatic carbocycles. The number of hydrogen-bond acceptors (Lipinski definition) is 8. The summed E-state index contributed by atoms with van der Waals surface area (Å²) in [4.78, 5) is 20.5. The summed E-state index contributed by atoms with van der Waals surface area (Å²) in [5, 5.41) is 23.2. The Morgan fingerprint density at radius 3 is 3.14 bits per heavy atom. The predicted molar refractivity (Wildman–Crippen MR) is 75.0 cm³/mol. The Labute approximate surface area is 121 Å². The fourth-order valence-corrected chi connectivity index (χ4v) is 2.06. The van der Waals surface area contributed by atoms with Crippen molar-refractivity contribution in [3.05, 3.63) is 16.4 Å². The molecule has 0 radical (unpaired) electrons. The lowest BCUT2D eigenvalue weighted by Gasteiger charge is -2.30. The zero-order chi connectivity index (χ0) is 15.2. The van der Waals surface area contributed by atoms with Crippen molar-refractivity contribution in [3.63, 3.8) is 0 Å². The Hall–Kier alpha value is -2.47. The highest BCUT2D eigenvalue weighted by molar-refractivity contribution is 5.70. The molecule has 2 heterocycles. The average Bonchev–Trinajstić information content (AvgIpc) is 2.52. The smallest absolute Gasteiger partial charge is 0.353 e. The molecule has 1 fully saturated rings. The maximum Gasteiger partial charge on any atom is 0.353 e. The van der Waals surface area contributed by atoms with Crippen LogP contribution in [0, 0.1) is 21.4 Å². The van der Waals surface area contributed by atoms with Gasteiger partial charge in [-0.05, 0) is 6.42 Å². The third kappa shape index (κ3) is 3.35. The molecule has 2 rings (SSSR count). The molecule has 1 atom stereocenters. The van der Waals surface area contributed by atoms with E-state index in [0.717, 1.165) is 6.42 Å². The van der Waals surface area contributed by atoms with Crippen molar-refractivity contribution in [1.29, 1.82) is 5.26 Å². The number of morpholine rings is 1. The Bertz CT molecular complexity index is 558. The highest BCUT2D eigenvalue weighted by Crippen LogP contribution is 2.32. The van der Waals surface area contributed by atoms with Gasteiger partial charge in [0.2, 0.25) is 11.6 Å². The minimum atomic E-state index is -0.611. The highest BCUT2D eigenvalue weighted by Gasteiger charge is 2.30. The Morgan fingerprint density at radius 1 is 1.67 bits per heavy atom. The number of nitro groups is 1. The van der Waals surface area contributed by atoms with Gasteiger partial charge in [0.1, 0.15) is 6.33 Å². The number of nitrogens with one attached hydrogen (secondary N) is 1. The van der Waals surface area contributed by atoms with Gasteiger partial charge in [0.05, 0.1) is 24.1 Å². The molecule has 1 saturated heterocycles. The second-order valence-electron chi connectivity index (χ2n) is 4.51. The molecule has 112 valence electrons. The molecule has 0 bridgehead atoms. The number of ether oxygens (including phenoxy) is 1. The fraction of sp³-hybridized carbons (Fsp3) is 0.583. The standard InChI is InChI=1S/C12H16N6O3/c1-2-3-14-11-10(18(19)20)12(16-8-15-11)17-4-5-21-9(6-13)7-17/h8-9H,2-5,7H2,1H3,(H,14,15,16). The summed E-state index contributed by atoms with van der Waals surface area (Å²) in [6.07, 6.45) is 1.50. The molecule has 1 aliphatic rings. The first-order chi connectivity index (χ1) is 10.2. The van der Waals surface area contributed by atoms with Gasteiger partial charge in [-0.25, -0.2) is 9.97 Å². The summed E-state index contributed by atoms with van der Waals surface area (Å²) in [6.45, 7) is 3.57. The zero-order valence-electron chi connectivity index (χ0n) is 11.7. The van der Waals surface area contributed by atoms with Gasteiger partial charge in [0.15, 0.2) is 6.10 Å². The van der Waals surface area contributed by atoms with Crippen LogP contribution in [-0.4, -0.2) is 47.2 Å². The van der Waals surface area contributed by atoms with Gasteiger partial charge in [0, 0.05) is 13.1 Å². The molecule has 0 spiro atoms. The zero-order valence-corrected chi connectivity index (χ0v) is 11.7. The van der Waals surface area contributed by atoms with E-state index in [9.17, 15) is 10.1 Å². The van der Waals surface area contributed by atoms with Gasteiger partial charge in [-0.3, -0.25) is 10.1 Å². The van der Waals surface area contributed by atoms with Crippen LogP contribution in [0.2, 0.25) is 0 Å². The van der Waals surface area contributed by atoms with Crippen LogP contribution in [0.4, 0.5) is 17.3 Å². The highest BCUT2D eigenvalue weighted by atomic mass is 16.6. The third-order valence-electron chi connectivity index (χ3n) is 3.04. The van der Waals surface area contributed by atoms with E-state index in [-0.39, 0.29) is 23.9 Å². The van der Waals surface area contributed by atoms with Gasteiger partial charge in [-0.1, -0.05) is 6.92 Å². The van der Waals surface area contributed by atoms with Crippen molar-refractivity contribution in [2.75, 3.05) is 36.5 Å². The first-order valence-electron chi connectivity index (χ1n) is 6.66. The molecule has 1 aromatic rings. The lowest BCUT2D eigenvalue weighted by Crippen LogP contribution is -2.42. The van der Waals surface area contributed by atoms with E-state index in [0.29, 0.717) is 19.7 Å². The summed E-state index contributed by atoms with van der Waals surface area (Å²) in [7, 11) is 0. The van der Waals surface area contributed by atoms with E-state index in [2.05, 4.69) is 15.3 Å². The summed E-state index contributed by atoms with van der Waals surface area (Å²) < 4.78 is 5.24. The first kappa shape index (κ1) is 14.9. The van der Waals surface area contributed by atoms with Gasteiger partial charge in [-0.2, -0.15) is 5.26 Å². The van der Waals surface area contributed by atoms with Gasteiger partial charge < -0.3 is 15.0 Å². The van der Waals surface area contributed by atoms with Gasteiger partial charge in [-0.15, -0.1) is 0 Å². The van der Waals surface area contributed by atoms with E-state index in [1.54, 1.807) is 4.90 Å². The van der Waals surface area contributed by atoms with Crippen molar-refractivity contribution in [2.24, 2.45) is 0 Å². The number of nitrogens with zero attached hydrogens (tertiary/aromatic N) is 5. The maximum absolute atomic E-state index is 11.4. The number of rotatable bonds is 5. The topological polar surface area (TPSA) is 117 Å². The molecule has 9 heteroatoms. The lowest BCUT2D eigenvalue weighted by molar-refractivity contribution is -0.383. The van der Waals surface area contributed by atoms with E-state index < -0.39 is 11.0 Å². The molecule has 1 unspecified atom stereocenters. The van der Waals surface area contributed by atoms with E-state index >= 15 is 0 Å². The summed E-state index contributed by atoms with van der Waals surface area (Å²) in [5.41, 5.74) is -0.162. The van der Waals surface area contributed by atoms with Crippen molar-refractivity contribution in [2.45, 2.75) is 19.4 Å². The number of anilines is 2. The number of nitriles is 1. The van der Waals surface area contributed by atoms with Gasteiger partial charge in [0.25, 0.3) is 0 Å². The van der Waals surface area contributed by atoms with Crippen molar-refractivity contribution >= 4 is 17.3 Å². The Morgan fingerprint density at radius 2 is 2.48 bits per heavy atom. The Kier molecular flexibility index (Phi) is 4.84. The van der Waals surface area contributed by atoms with Crippen LogP contribution in [0.3, 0.4) is 0 Å². The van der Waals surface area contributed by atoms with Crippen LogP contribution in [0.25, 0.3) is 0 Å². The van der Waals surface area contributed by atoms with E-state index in [1.165, 1.54) is 6.33 Å². The monoisotopic (exact) mass is 292 g/mol. The third-order valence-corrected chi connectivity index (χ3v) is 3.04. The normalized spacial score (nSPS) is 18.1. The van der Waals surface area contributed by atoms with Crippen LogP contribution in [-0.2, 0) is 4.74 Å². The molecule has 9 nitrogen and oxygen atoms in total. The van der Waals surface area contributed by atoms with Crippen molar-refractivity contribution in [1.82, 2.24) is 9.97 Å². The lowest BCUT2D eigenvalue weighted by atomic mass is 10.2. The van der Waals surface area contributed by atoms with Crippen LogP contribution in [0.15, 0.2) is 6.33 Å². The number of hydrogen-bond donors (Lipinski definition) is 1. The summed E-state index contributed by atoms with van der Waals surface area (Å²) in [6, 6.07) is 2.01. The Balaban J connectivity index is 2.34. The fourth-order valence-electron chi connectivity index (χ4n) is 2.06. The number of aromatic nitrogens is 2. The molecule has 1 aliphatic heterocycles. The molecule has 0 aliphatic carbocycles. The van der Waals surface area contributed by atoms with Crippen LogP contribution < -0.4 is 10.2 Å². The van der Waals surface area contributed by atoms with Crippen LogP contribution in [0.5, 0.6) is 0 Å². The molecule has 1 aromatic heterocycles. The van der Waals surface area contributed by atoms with Crippen LogP contribution >= 0.6 is 0 Å². The van der Waals surface area contributed by atoms with E-state index in [4.69, 9.17) is 10.00 Å². The minimum absolute atomic E-state index is 0.162. The minimum Gasteiger partial charge on any atom is -0.364 e. The summed E-state index contributed by atoms with van der Waals surface area (Å²) in [5.74, 6) is 0.420. The van der Waals surface area contributed by atoms with E-state index in [1.807, 2.05) is 13.0 Å². The second-order valence-corrected chi connectivity index (χ2v) is 4.51. The van der Waals surface area contributed by atoms with Gasteiger partial charge >= 0.3 is 5.69 Å². The summed E-state index contributed by atoms with van der Waals surface area (Å²) >= 11 is 0. The average molecular weight is 292 g/mol. The quantitative estimate of drug-likeness (QED) is 0.629. The first-order valence-corrected chi connectivity index (χ1v) is 6.66. The second kappa shape index (κ2) is 6.81. The SMILES string of the molecule is CCCNc1ncnc(N2CCOC(C#N)C2)c1[N+](=O)[O-]. The molecule has 0 saturated carbocycles. The predicted octanol–water partition coefficient (Wildman–Crippen LogP) is 0.935. The maximum atomic E-state index is 11.4.